The highest BCUT2D eigenvalue weighted by Crippen LogP contribution is 2.24. The minimum Gasteiger partial charge on any atom is -0.370 e. The summed E-state index contributed by atoms with van der Waals surface area (Å²) in [5, 5.41) is 2.84. The Labute approximate surface area is 87.3 Å². The van der Waals surface area contributed by atoms with Gasteiger partial charge >= 0.3 is 5.97 Å². The maximum atomic E-state index is 11.5. The summed E-state index contributed by atoms with van der Waals surface area (Å²) in [7, 11) is 1.57. The third kappa shape index (κ3) is 2.78. The Morgan fingerprint density at radius 3 is 2.93 bits per heavy atom. The zero-order valence-corrected chi connectivity index (χ0v) is 9.35. The molecule has 0 saturated carbocycles. The second-order valence-corrected chi connectivity index (χ2v) is 4.56. The van der Waals surface area contributed by atoms with Crippen molar-refractivity contribution in [2.45, 2.75) is 20.3 Å². The molecule has 0 aliphatic carbocycles. The molecular weight excluding hydrogens is 200 g/mol. The van der Waals surface area contributed by atoms with Crippen LogP contribution in [0.3, 0.4) is 0 Å². The van der Waals surface area contributed by atoms with E-state index in [2.05, 4.69) is 10.5 Å². The molecule has 0 saturated heterocycles. The van der Waals surface area contributed by atoms with Crippen LogP contribution in [-0.2, 0) is 16.1 Å². The fraction of sp³-hybridized carbons (Fsp3) is 0.556. The lowest BCUT2D eigenvalue weighted by Gasteiger charge is -2.20. The highest BCUT2D eigenvalue weighted by atomic mass is 32.1. The molecule has 1 aromatic rings. The molecule has 1 heterocycles. The van der Waals surface area contributed by atoms with Gasteiger partial charge in [-0.3, -0.25) is 0 Å². The number of thiazole rings is 1. The Hall–Kier alpha value is -0.940. The molecule has 0 aliphatic heterocycles. The molecule has 14 heavy (non-hydrogen) atoms. The van der Waals surface area contributed by atoms with E-state index in [0.717, 1.165) is 5.01 Å². The van der Waals surface area contributed by atoms with Gasteiger partial charge in [-0.15, -0.1) is 11.3 Å². The third-order valence-electron chi connectivity index (χ3n) is 1.82. The van der Waals surface area contributed by atoms with Gasteiger partial charge in [0.2, 0.25) is 0 Å². The molecule has 0 amide bonds. The normalized spacial score (nSPS) is 11.4. The smallest absolute Gasteiger partial charge is 0.330 e. The largest absolute Gasteiger partial charge is 0.370 e. The Bertz CT molecular complexity index is 296. The molecule has 0 unspecified atom stereocenters. The van der Waals surface area contributed by atoms with Crippen LogP contribution in [0, 0.1) is 5.41 Å². The number of aromatic nitrogens is 1. The zero-order chi connectivity index (χ0) is 10.6. The topological polar surface area (TPSA) is 51.2 Å². The summed E-state index contributed by atoms with van der Waals surface area (Å²) in [4.78, 5) is 20.4. The van der Waals surface area contributed by atoms with Crippen molar-refractivity contribution < 1.29 is 9.63 Å². The number of rotatable bonds is 4. The van der Waals surface area contributed by atoms with E-state index in [-0.39, 0.29) is 5.97 Å². The summed E-state index contributed by atoms with van der Waals surface area (Å²) < 4.78 is 0. The average molecular weight is 214 g/mol. The molecule has 4 nitrogen and oxygen atoms in total. The first kappa shape index (κ1) is 11.1. The van der Waals surface area contributed by atoms with E-state index in [1.54, 1.807) is 24.6 Å². The van der Waals surface area contributed by atoms with Crippen molar-refractivity contribution in [2.75, 3.05) is 7.05 Å². The molecule has 0 aliphatic rings. The van der Waals surface area contributed by atoms with Gasteiger partial charge in [-0.1, -0.05) is 0 Å². The van der Waals surface area contributed by atoms with Crippen LogP contribution in [0.1, 0.15) is 18.9 Å². The van der Waals surface area contributed by atoms with E-state index in [1.165, 1.54) is 0 Å². The fourth-order valence-corrected chi connectivity index (χ4v) is 1.87. The number of nitrogens with zero attached hydrogens (tertiary/aromatic N) is 1. The number of hydrogen-bond acceptors (Lipinski definition) is 5. The Morgan fingerprint density at radius 2 is 2.43 bits per heavy atom. The molecule has 0 spiro atoms. The van der Waals surface area contributed by atoms with Crippen molar-refractivity contribution in [3.05, 3.63) is 16.6 Å². The molecule has 0 radical (unpaired) electrons. The van der Waals surface area contributed by atoms with Crippen molar-refractivity contribution in [1.82, 2.24) is 10.5 Å². The second kappa shape index (κ2) is 4.52. The van der Waals surface area contributed by atoms with E-state index < -0.39 is 5.41 Å². The van der Waals surface area contributed by atoms with Crippen molar-refractivity contribution in [2.24, 2.45) is 5.41 Å². The lowest BCUT2D eigenvalue weighted by molar-refractivity contribution is -0.160. The van der Waals surface area contributed by atoms with Gasteiger partial charge in [0, 0.05) is 25.0 Å². The lowest BCUT2D eigenvalue weighted by atomic mass is 9.90. The van der Waals surface area contributed by atoms with Crippen LogP contribution < -0.4 is 5.48 Å². The van der Waals surface area contributed by atoms with Crippen LogP contribution in [0.25, 0.3) is 0 Å². The molecular formula is C9H14N2O2S. The van der Waals surface area contributed by atoms with E-state index in [1.807, 2.05) is 19.2 Å². The summed E-state index contributed by atoms with van der Waals surface area (Å²) in [5.41, 5.74) is 1.85. The Balaban J connectivity index is 2.61. The van der Waals surface area contributed by atoms with Gasteiger partial charge in [0.25, 0.3) is 0 Å². The van der Waals surface area contributed by atoms with Crippen molar-refractivity contribution in [3.8, 4) is 0 Å². The van der Waals surface area contributed by atoms with E-state index in [9.17, 15) is 4.79 Å². The maximum absolute atomic E-state index is 11.5. The van der Waals surface area contributed by atoms with Crippen molar-refractivity contribution >= 4 is 17.3 Å². The maximum Gasteiger partial charge on any atom is 0.330 e. The van der Waals surface area contributed by atoms with Gasteiger partial charge in [0.1, 0.15) is 0 Å². The predicted octanol–water partition coefficient (Wildman–Crippen LogP) is 1.39. The number of hydroxylamine groups is 1. The SMILES string of the molecule is CNOC(=O)C(C)(C)Cc1nccs1. The van der Waals surface area contributed by atoms with Crippen LogP contribution in [0.4, 0.5) is 0 Å². The first-order chi connectivity index (χ1) is 6.56. The van der Waals surface area contributed by atoms with E-state index in [4.69, 9.17) is 4.84 Å². The molecule has 5 heteroatoms. The average Bonchev–Trinajstić information content (AvgIpc) is 2.56. The second-order valence-electron chi connectivity index (χ2n) is 3.58. The minimum atomic E-state index is -0.541. The lowest BCUT2D eigenvalue weighted by Crippen LogP contribution is -2.32. The van der Waals surface area contributed by atoms with Crippen molar-refractivity contribution in [3.63, 3.8) is 0 Å². The molecule has 1 rings (SSSR count). The molecule has 0 aromatic carbocycles. The highest BCUT2D eigenvalue weighted by molar-refractivity contribution is 7.09. The van der Waals surface area contributed by atoms with E-state index >= 15 is 0 Å². The molecule has 0 fully saturated rings. The predicted molar refractivity (Wildman–Crippen MR) is 54.8 cm³/mol. The van der Waals surface area contributed by atoms with E-state index in [0.29, 0.717) is 6.42 Å². The number of carbonyl (C=O) groups excluding carboxylic acids is 1. The molecule has 0 atom stereocenters. The standard InChI is InChI=1S/C9H14N2O2S/c1-9(2,8(12)13-10-3)6-7-11-4-5-14-7/h4-5,10H,6H2,1-3H3. The first-order valence-corrected chi connectivity index (χ1v) is 5.20. The highest BCUT2D eigenvalue weighted by Gasteiger charge is 2.30. The van der Waals surface area contributed by atoms with Gasteiger partial charge in [0.05, 0.1) is 10.4 Å². The number of carbonyl (C=O) groups is 1. The van der Waals surface area contributed by atoms with Crippen LogP contribution in [0.5, 0.6) is 0 Å². The van der Waals surface area contributed by atoms with Crippen LogP contribution >= 0.6 is 11.3 Å². The van der Waals surface area contributed by atoms with Crippen LogP contribution in [-0.4, -0.2) is 18.0 Å². The zero-order valence-electron chi connectivity index (χ0n) is 8.53. The molecule has 0 bridgehead atoms. The van der Waals surface area contributed by atoms with Crippen LogP contribution in [0.15, 0.2) is 11.6 Å². The summed E-state index contributed by atoms with van der Waals surface area (Å²) in [6.45, 7) is 3.68. The molecule has 1 N–H and O–H groups in total. The summed E-state index contributed by atoms with van der Waals surface area (Å²) in [5.74, 6) is -0.268. The van der Waals surface area contributed by atoms with Gasteiger partial charge in [0.15, 0.2) is 0 Å². The molecule has 1 aromatic heterocycles. The first-order valence-electron chi connectivity index (χ1n) is 4.32. The quantitative estimate of drug-likeness (QED) is 0.769. The molecule has 78 valence electrons. The van der Waals surface area contributed by atoms with Gasteiger partial charge in [-0.2, -0.15) is 5.48 Å². The number of nitrogens with one attached hydrogen (secondary N) is 1. The fourth-order valence-electron chi connectivity index (χ4n) is 1.02. The summed E-state index contributed by atoms with van der Waals surface area (Å²) >= 11 is 1.55. The number of hydrogen-bond donors (Lipinski definition) is 1. The monoisotopic (exact) mass is 214 g/mol. The third-order valence-corrected chi connectivity index (χ3v) is 2.60. The van der Waals surface area contributed by atoms with Gasteiger partial charge in [-0.05, 0) is 13.8 Å². The van der Waals surface area contributed by atoms with Gasteiger partial charge < -0.3 is 4.84 Å². The van der Waals surface area contributed by atoms with Crippen LogP contribution in [0.2, 0.25) is 0 Å². The van der Waals surface area contributed by atoms with Gasteiger partial charge in [-0.25, -0.2) is 9.78 Å². The summed E-state index contributed by atoms with van der Waals surface area (Å²) in [6.07, 6.45) is 2.34. The van der Waals surface area contributed by atoms with Crippen molar-refractivity contribution in [1.29, 1.82) is 0 Å². The minimum absolute atomic E-state index is 0.268. The summed E-state index contributed by atoms with van der Waals surface area (Å²) in [6, 6.07) is 0. The Kier molecular flexibility index (Phi) is 3.60. The Morgan fingerprint density at radius 1 is 1.71 bits per heavy atom.